The summed E-state index contributed by atoms with van der Waals surface area (Å²) in [7, 11) is 0. The fourth-order valence-corrected chi connectivity index (χ4v) is 2.16. The number of hydrogen-bond acceptors (Lipinski definition) is 2. The maximum absolute atomic E-state index is 13.5. The first-order chi connectivity index (χ1) is 8.02. The van der Waals surface area contributed by atoms with Crippen LogP contribution < -0.4 is 4.90 Å². The first kappa shape index (κ1) is 11.9. The predicted molar refractivity (Wildman–Crippen MR) is 66.3 cm³/mol. The fourth-order valence-electron chi connectivity index (χ4n) is 2.16. The van der Waals surface area contributed by atoms with E-state index in [1.165, 1.54) is 6.07 Å². The lowest BCUT2D eigenvalue weighted by atomic mass is 9.82. The number of nitrogens with zero attached hydrogens (tertiary/aromatic N) is 2. The van der Waals surface area contributed by atoms with E-state index in [1.807, 2.05) is 12.1 Å². The summed E-state index contributed by atoms with van der Waals surface area (Å²) in [6.07, 6.45) is 2.24. The second-order valence-corrected chi connectivity index (χ2v) is 5.43. The van der Waals surface area contributed by atoms with E-state index in [0.717, 1.165) is 31.6 Å². The molecule has 90 valence electrons. The van der Waals surface area contributed by atoms with Crippen LogP contribution in [0.4, 0.5) is 10.1 Å². The third kappa shape index (κ3) is 2.58. The molecule has 0 atom stereocenters. The van der Waals surface area contributed by atoms with Crippen molar-refractivity contribution < 1.29 is 4.39 Å². The van der Waals surface area contributed by atoms with E-state index >= 15 is 0 Å². The zero-order valence-electron chi connectivity index (χ0n) is 10.3. The smallest absolute Gasteiger partial charge is 0.143 e. The van der Waals surface area contributed by atoms with Crippen molar-refractivity contribution in [2.24, 2.45) is 5.41 Å². The highest BCUT2D eigenvalue weighted by Crippen LogP contribution is 2.32. The molecule has 2 rings (SSSR count). The molecule has 0 unspecified atom stereocenters. The van der Waals surface area contributed by atoms with Gasteiger partial charge in [-0.05, 0) is 36.5 Å². The molecule has 1 aromatic rings. The number of nitriles is 1. The van der Waals surface area contributed by atoms with Gasteiger partial charge < -0.3 is 4.90 Å². The Labute approximate surface area is 102 Å². The van der Waals surface area contributed by atoms with Crippen LogP contribution in [0.5, 0.6) is 0 Å². The SMILES string of the molecule is CC1(C)CCN(c2ccc(C#N)c(F)c2)CC1. The highest BCUT2D eigenvalue weighted by molar-refractivity contribution is 5.50. The van der Waals surface area contributed by atoms with Crippen LogP contribution in [0.25, 0.3) is 0 Å². The van der Waals surface area contributed by atoms with Crippen molar-refractivity contribution in [3.05, 3.63) is 29.6 Å². The van der Waals surface area contributed by atoms with Gasteiger partial charge >= 0.3 is 0 Å². The third-order valence-corrected chi connectivity index (χ3v) is 3.56. The molecule has 1 fully saturated rings. The van der Waals surface area contributed by atoms with Crippen molar-refractivity contribution in [1.29, 1.82) is 5.26 Å². The molecule has 17 heavy (non-hydrogen) atoms. The molecule has 0 saturated carbocycles. The molecule has 0 bridgehead atoms. The summed E-state index contributed by atoms with van der Waals surface area (Å²) in [4.78, 5) is 2.19. The molecule has 2 nitrogen and oxygen atoms in total. The normalized spacial score (nSPS) is 18.8. The maximum Gasteiger partial charge on any atom is 0.143 e. The molecule has 0 amide bonds. The highest BCUT2D eigenvalue weighted by Gasteiger charge is 2.25. The van der Waals surface area contributed by atoms with Crippen LogP contribution in [-0.2, 0) is 0 Å². The van der Waals surface area contributed by atoms with Crippen molar-refractivity contribution >= 4 is 5.69 Å². The topological polar surface area (TPSA) is 27.0 Å². The molecule has 1 aliphatic rings. The van der Waals surface area contributed by atoms with Gasteiger partial charge in [0.15, 0.2) is 0 Å². The molecule has 0 aromatic heterocycles. The minimum Gasteiger partial charge on any atom is -0.371 e. The first-order valence-electron chi connectivity index (χ1n) is 5.96. The summed E-state index contributed by atoms with van der Waals surface area (Å²) >= 11 is 0. The average Bonchev–Trinajstić information content (AvgIpc) is 2.29. The molecule has 1 aromatic carbocycles. The Balaban J connectivity index is 2.14. The van der Waals surface area contributed by atoms with Crippen molar-refractivity contribution in [3.8, 4) is 6.07 Å². The van der Waals surface area contributed by atoms with Gasteiger partial charge in [0.05, 0.1) is 5.56 Å². The van der Waals surface area contributed by atoms with Gasteiger partial charge in [-0.3, -0.25) is 0 Å². The van der Waals surface area contributed by atoms with Crippen LogP contribution in [0.3, 0.4) is 0 Å². The molecule has 1 heterocycles. The largest absolute Gasteiger partial charge is 0.371 e. The van der Waals surface area contributed by atoms with Crippen LogP contribution in [-0.4, -0.2) is 13.1 Å². The molecule has 0 aliphatic carbocycles. The zero-order valence-corrected chi connectivity index (χ0v) is 10.3. The van der Waals surface area contributed by atoms with E-state index < -0.39 is 5.82 Å². The zero-order chi connectivity index (χ0) is 12.5. The van der Waals surface area contributed by atoms with Crippen LogP contribution in [0.1, 0.15) is 32.3 Å². The molecular formula is C14H17FN2. The van der Waals surface area contributed by atoms with Gasteiger partial charge in [0.2, 0.25) is 0 Å². The van der Waals surface area contributed by atoms with Gasteiger partial charge in [0, 0.05) is 18.8 Å². The van der Waals surface area contributed by atoms with E-state index in [-0.39, 0.29) is 5.56 Å². The Morgan fingerprint density at radius 3 is 2.47 bits per heavy atom. The maximum atomic E-state index is 13.5. The van der Waals surface area contributed by atoms with Gasteiger partial charge in [-0.1, -0.05) is 13.8 Å². The molecule has 1 saturated heterocycles. The quantitative estimate of drug-likeness (QED) is 0.742. The molecule has 3 heteroatoms. The van der Waals surface area contributed by atoms with Gasteiger partial charge in [-0.25, -0.2) is 4.39 Å². The van der Waals surface area contributed by atoms with Crippen LogP contribution in [0.15, 0.2) is 18.2 Å². The van der Waals surface area contributed by atoms with Gasteiger partial charge in [-0.15, -0.1) is 0 Å². The van der Waals surface area contributed by atoms with Crippen molar-refractivity contribution in [1.82, 2.24) is 0 Å². The number of rotatable bonds is 1. The minimum absolute atomic E-state index is 0.117. The van der Waals surface area contributed by atoms with Crippen LogP contribution in [0, 0.1) is 22.6 Å². The summed E-state index contributed by atoms with van der Waals surface area (Å²) < 4.78 is 13.5. The second kappa shape index (κ2) is 4.37. The molecule has 0 spiro atoms. The lowest BCUT2D eigenvalue weighted by Crippen LogP contribution is -2.37. The average molecular weight is 232 g/mol. The minimum atomic E-state index is -0.421. The number of hydrogen-bond donors (Lipinski definition) is 0. The third-order valence-electron chi connectivity index (χ3n) is 3.56. The molecule has 0 radical (unpaired) electrons. The monoisotopic (exact) mass is 232 g/mol. The van der Waals surface area contributed by atoms with E-state index in [4.69, 9.17) is 5.26 Å². The van der Waals surface area contributed by atoms with E-state index in [1.54, 1.807) is 6.07 Å². The molecule has 1 aliphatic heterocycles. The Kier molecular flexibility index (Phi) is 3.06. The standard InChI is InChI=1S/C14H17FN2/c1-14(2)5-7-17(8-6-14)12-4-3-11(10-16)13(15)9-12/h3-4,9H,5-8H2,1-2H3. The van der Waals surface area contributed by atoms with Crippen molar-refractivity contribution in [3.63, 3.8) is 0 Å². The first-order valence-corrected chi connectivity index (χ1v) is 5.96. The number of benzene rings is 1. The second-order valence-electron chi connectivity index (χ2n) is 5.43. The lowest BCUT2D eigenvalue weighted by molar-refractivity contribution is 0.280. The summed E-state index contributed by atoms with van der Waals surface area (Å²) in [6, 6.07) is 6.71. The van der Waals surface area contributed by atoms with Gasteiger partial charge in [-0.2, -0.15) is 5.26 Å². The number of halogens is 1. The molecule has 0 N–H and O–H groups in total. The van der Waals surface area contributed by atoms with Crippen molar-refractivity contribution in [2.45, 2.75) is 26.7 Å². The predicted octanol–water partition coefficient (Wildman–Crippen LogP) is 3.32. The number of anilines is 1. The van der Waals surface area contributed by atoms with Crippen LogP contribution in [0.2, 0.25) is 0 Å². The van der Waals surface area contributed by atoms with E-state index in [2.05, 4.69) is 18.7 Å². The summed E-state index contributed by atoms with van der Waals surface area (Å²) in [6.45, 7) is 6.45. The Morgan fingerprint density at radius 1 is 1.29 bits per heavy atom. The summed E-state index contributed by atoms with van der Waals surface area (Å²) in [5.41, 5.74) is 1.39. The Hall–Kier alpha value is -1.56. The summed E-state index contributed by atoms with van der Waals surface area (Å²) in [5.74, 6) is -0.421. The molecular weight excluding hydrogens is 215 g/mol. The highest BCUT2D eigenvalue weighted by atomic mass is 19.1. The Morgan fingerprint density at radius 2 is 1.94 bits per heavy atom. The van der Waals surface area contributed by atoms with Gasteiger partial charge in [0.1, 0.15) is 11.9 Å². The fraction of sp³-hybridized carbons (Fsp3) is 0.500. The van der Waals surface area contributed by atoms with Gasteiger partial charge in [0.25, 0.3) is 0 Å². The van der Waals surface area contributed by atoms with E-state index in [9.17, 15) is 4.39 Å². The number of piperidine rings is 1. The summed E-state index contributed by atoms with van der Waals surface area (Å²) in [5, 5.41) is 8.68. The van der Waals surface area contributed by atoms with Crippen LogP contribution >= 0.6 is 0 Å². The van der Waals surface area contributed by atoms with Crippen molar-refractivity contribution in [2.75, 3.05) is 18.0 Å². The Bertz CT molecular complexity index is 450. The lowest BCUT2D eigenvalue weighted by Gasteiger charge is -2.38. The van der Waals surface area contributed by atoms with E-state index in [0.29, 0.717) is 5.41 Å².